The Morgan fingerprint density at radius 3 is 2.80 bits per heavy atom. The van der Waals surface area contributed by atoms with E-state index in [0.29, 0.717) is 24.5 Å². The summed E-state index contributed by atoms with van der Waals surface area (Å²) in [5, 5.41) is 13.3. The molecule has 1 spiro atoms. The molecule has 4 heteroatoms. The second kappa shape index (κ2) is 6.99. The molecular formula is C16H29NO2S. The summed E-state index contributed by atoms with van der Waals surface area (Å²) in [5.41, 5.74) is 0.184. The van der Waals surface area contributed by atoms with Gasteiger partial charge in [-0.2, -0.15) is 11.8 Å². The molecule has 116 valence electrons. The lowest BCUT2D eigenvalue weighted by molar-refractivity contribution is -0.0708. The maximum atomic E-state index is 9.52. The van der Waals surface area contributed by atoms with E-state index in [0.717, 1.165) is 19.6 Å². The van der Waals surface area contributed by atoms with Crippen LogP contribution in [0.2, 0.25) is 0 Å². The first-order chi connectivity index (χ1) is 9.81. The highest BCUT2D eigenvalue weighted by atomic mass is 32.2. The van der Waals surface area contributed by atoms with Gasteiger partial charge in [0.25, 0.3) is 0 Å². The fourth-order valence-electron chi connectivity index (χ4n) is 4.18. The first-order valence-electron chi connectivity index (χ1n) is 8.37. The fourth-order valence-corrected chi connectivity index (χ4v) is 5.56. The van der Waals surface area contributed by atoms with Crippen molar-refractivity contribution in [2.75, 3.05) is 31.3 Å². The Hall–Kier alpha value is 0.230. The van der Waals surface area contributed by atoms with E-state index in [1.807, 2.05) is 11.8 Å². The molecule has 1 saturated carbocycles. The van der Waals surface area contributed by atoms with Crippen LogP contribution < -0.4 is 5.32 Å². The standard InChI is InChI=1S/C16H29NO2S/c18-11-14-4-2-1-3-13(14)10-17-15-5-7-19-16(9-15)6-8-20-12-16/h13-15,17-18H,1-12H2. The molecule has 3 aliphatic rings. The van der Waals surface area contributed by atoms with Crippen molar-refractivity contribution in [2.24, 2.45) is 11.8 Å². The molecule has 4 atom stereocenters. The molecule has 0 aromatic carbocycles. The van der Waals surface area contributed by atoms with Crippen LogP contribution in [-0.4, -0.2) is 48.0 Å². The van der Waals surface area contributed by atoms with Crippen LogP contribution in [0, 0.1) is 11.8 Å². The molecule has 0 radical (unpaired) electrons. The van der Waals surface area contributed by atoms with Crippen molar-refractivity contribution in [3.8, 4) is 0 Å². The van der Waals surface area contributed by atoms with Crippen LogP contribution in [-0.2, 0) is 4.74 Å². The first kappa shape index (κ1) is 15.1. The molecule has 0 aromatic heterocycles. The molecule has 0 amide bonds. The summed E-state index contributed by atoms with van der Waals surface area (Å²) in [6.45, 7) is 2.39. The van der Waals surface area contributed by atoms with Gasteiger partial charge in [0.15, 0.2) is 0 Å². The lowest BCUT2D eigenvalue weighted by Crippen LogP contribution is -2.48. The molecule has 2 N–H and O–H groups in total. The third-order valence-corrected chi connectivity index (χ3v) is 6.75. The van der Waals surface area contributed by atoms with Gasteiger partial charge in [-0.3, -0.25) is 0 Å². The SMILES string of the molecule is OCC1CCCCC1CNC1CCOC2(CCSC2)C1. The summed E-state index contributed by atoms with van der Waals surface area (Å²) in [5.74, 6) is 3.67. The Labute approximate surface area is 127 Å². The predicted octanol–water partition coefficient (Wildman–Crippen LogP) is 2.43. The smallest absolute Gasteiger partial charge is 0.0795 e. The Morgan fingerprint density at radius 1 is 1.20 bits per heavy atom. The number of hydrogen-bond acceptors (Lipinski definition) is 4. The second-order valence-corrected chi connectivity index (χ2v) is 8.02. The van der Waals surface area contributed by atoms with Crippen molar-refractivity contribution < 1.29 is 9.84 Å². The van der Waals surface area contributed by atoms with Crippen LogP contribution in [0.5, 0.6) is 0 Å². The predicted molar refractivity (Wildman–Crippen MR) is 84.2 cm³/mol. The summed E-state index contributed by atoms with van der Waals surface area (Å²) in [6, 6.07) is 0.628. The van der Waals surface area contributed by atoms with Gasteiger partial charge < -0.3 is 15.2 Å². The number of nitrogens with one attached hydrogen (secondary N) is 1. The molecule has 3 rings (SSSR count). The number of thioether (sulfide) groups is 1. The maximum absolute atomic E-state index is 9.52. The van der Waals surface area contributed by atoms with E-state index in [2.05, 4.69) is 5.32 Å². The zero-order valence-electron chi connectivity index (χ0n) is 12.5. The van der Waals surface area contributed by atoms with Gasteiger partial charge in [-0.1, -0.05) is 12.8 Å². The third kappa shape index (κ3) is 3.52. The highest BCUT2D eigenvalue weighted by Crippen LogP contribution is 2.38. The Bertz CT molecular complexity index is 307. The number of ether oxygens (including phenoxy) is 1. The van der Waals surface area contributed by atoms with Gasteiger partial charge >= 0.3 is 0 Å². The number of hydrogen-bond donors (Lipinski definition) is 2. The van der Waals surface area contributed by atoms with E-state index in [1.165, 1.54) is 50.0 Å². The largest absolute Gasteiger partial charge is 0.396 e. The van der Waals surface area contributed by atoms with E-state index in [-0.39, 0.29) is 5.60 Å². The minimum absolute atomic E-state index is 0.184. The number of aliphatic hydroxyl groups is 1. The van der Waals surface area contributed by atoms with Crippen LogP contribution in [0.1, 0.15) is 44.9 Å². The molecule has 0 aromatic rings. The van der Waals surface area contributed by atoms with E-state index in [1.54, 1.807) is 0 Å². The molecule has 3 fully saturated rings. The summed E-state index contributed by atoms with van der Waals surface area (Å²) in [6.07, 6.45) is 8.74. The van der Waals surface area contributed by atoms with Crippen molar-refractivity contribution in [2.45, 2.75) is 56.6 Å². The Kier molecular flexibility index (Phi) is 5.29. The minimum Gasteiger partial charge on any atom is -0.396 e. The lowest BCUT2D eigenvalue weighted by atomic mass is 9.79. The molecule has 3 nitrogen and oxygen atoms in total. The molecule has 2 aliphatic heterocycles. The average Bonchev–Trinajstić information content (AvgIpc) is 2.93. The van der Waals surface area contributed by atoms with E-state index in [4.69, 9.17) is 4.74 Å². The topological polar surface area (TPSA) is 41.5 Å². The monoisotopic (exact) mass is 299 g/mol. The molecule has 2 saturated heterocycles. The third-order valence-electron chi connectivity index (χ3n) is 5.53. The zero-order chi connectivity index (χ0) is 13.8. The summed E-state index contributed by atoms with van der Waals surface area (Å²) < 4.78 is 6.09. The molecular weight excluding hydrogens is 270 g/mol. The van der Waals surface area contributed by atoms with Gasteiger partial charge in [-0.25, -0.2) is 0 Å². The highest BCUT2D eigenvalue weighted by Gasteiger charge is 2.40. The first-order valence-corrected chi connectivity index (χ1v) is 9.53. The molecule has 1 aliphatic carbocycles. The van der Waals surface area contributed by atoms with Gasteiger partial charge in [-0.05, 0) is 56.2 Å². The average molecular weight is 299 g/mol. The summed E-state index contributed by atoms with van der Waals surface area (Å²) in [4.78, 5) is 0. The van der Waals surface area contributed by atoms with Crippen molar-refractivity contribution in [1.82, 2.24) is 5.32 Å². The Balaban J connectivity index is 1.47. The number of aliphatic hydroxyl groups excluding tert-OH is 1. The molecule has 0 bridgehead atoms. The normalized spacial score (nSPS) is 42.1. The van der Waals surface area contributed by atoms with Gasteiger partial charge in [0.1, 0.15) is 0 Å². The number of rotatable bonds is 4. The summed E-state index contributed by atoms with van der Waals surface area (Å²) >= 11 is 2.05. The molecule has 4 unspecified atom stereocenters. The van der Waals surface area contributed by atoms with Crippen LogP contribution >= 0.6 is 11.8 Å². The van der Waals surface area contributed by atoms with Crippen LogP contribution in [0.25, 0.3) is 0 Å². The van der Waals surface area contributed by atoms with Crippen LogP contribution in [0.3, 0.4) is 0 Å². The second-order valence-electron chi connectivity index (χ2n) is 6.92. The fraction of sp³-hybridized carbons (Fsp3) is 1.00. The van der Waals surface area contributed by atoms with Crippen molar-refractivity contribution in [3.63, 3.8) is 0 Å². The quantitative estimate of drug-likeness (QED) is 0.836. The van der Waals surface area contributed by atoms with Gasteiger partial charge in [-0.15, -0.1) is 0 Å². The van der Waals surface area contributed by atoms with E-state index in [9.17, 15) is 5.11 Å². The summed E-state index contributed by atoms with van der Waals surface area (Å²) in [7, 11) is 0. The minimum atomic E-state index is 0.184. The van der Waals surface area contributed by atoms with Gasteiger partial charge in [0.2, 0.25) is 0 Å². The zero-order valence-corrected chi connectivity index (χ0v) is 13.3. The molecule has 2 heterocycles. The van der Waals surface area contributed by atoms with Crippen molar-refractivity contribution in [1.29, 1.82) is 0 Å². The van der Waals surface area contributed by atoms with Gasteiger partial charge in [0, 0.05) is 25.0 Å². The Morgan fingerprint density at radius 2 is 2.05 bits per heavy atom. The van der Waals surface area contributed by atoms with Gasteiger partial charge in [0.05, 0.1) is 5.60 Å². The van der Waals surface area contributed by atoms with E-state index >= 15 is 0 Å². The van der Waals surface area contributed by atoms with E-state index < -0.39 is 0 Å². The lowest BCUT2D eigenvalue weighted by Gasteiger charge is -2.39. The highest BCUT2D eigenvalue weighted by molar-refractivity contribution is 7.99. The molecule has 20 heavy (non-hydrogen) atoms. The van der Waals surface area contributed by atoms with Crippen molar-refractivity contribution in [3.05, 3.63) is 0 Å². The maximum Gasteiger partial charge on any atom is 0.0795 e. The van der Waals surface area contributed by atoms with Crippen LogP contribution in [0.15, 0.2) is 0 Å². The van der Waals surface area contributed by atoms with Crippen molar-refractivity contribution >= 4 is 11.8 Å². The van der Waals surface area contributed by atoms with Crippen LogP contribution in [0.4, 0.5) is 0 Å².